The Morgan fingerprint density at radius 3 is 2.43 bits per heavy atom. The van der Waals surface area contributed by atoms with Crippen molar-refractivity contribution in [1.29, 1.82) is 0 Å². The first-order chi connectivity index (χ1) is 10.0. The fourth-order valence-corrected chi connectivity index (χ4v) is 1.72. The third-order valence-electron chi connectivity index (χ3n) is 2.88. The summed E-state index contributed by atoms with van der Waals surface area (Å²) in [6.45, 7) is 0.505. The Morgan fingerprint density at radius 1 is 1.14 bits per heavy atom. The predicted octanol–water partition coefficient (Wildman–Crippen LogP) is 0.945. The quantitative estimate of drug-likeness (QED) is 0.585. The van der Waals surface area contributed by atoms with Crippen LogP contribution in [0.5, 0.6) is 0 Å². The molecule has 0 fully saturated rings. The van der Waals surface area contributed by atoms with Crippen LogP contribution >= 0.6 is 0 Å². The van der Waals surface area contributed by atoms with Gasteiger partial charge in [-0.3, -0.25) is 19.4 Å². The Morgan fingerprint density at radius 2 is 1.86 bits per heavy atom. The fraction of sp³-hybridized carbons (Fsp3) is 0.429. The molecule has 1 heterocycles. The number of carbonyl (C=O) groups excluding carboxylic acids is 2. The first-order valence-electron chi connectivity index (χ1n) is 6.76. The molecule has 4 N–H and O–H groups in total. The summed E-state index contributed by atoms with van der Waals surface area (Å²) in [7, 11) is 0. The van der Waals surface area contributed by atoms with E-state index in [4.69, 9.17) is 10.8 Å². The SMILES string of the molecule is NC(=O)c1ccc(C(=O)NCCCCCCC(=O)O)nc1. The number of nitrogens with two attached hydrogens (primary N) is 1. The molecule has 1 aromatic heterocycles. The lowest BCUT2D eigenvalue weighted by molar-refractivity contribution is -0.137. The highest BCUT2D eigenvalue weighted by Gasteiger charge is 2.07. The van der Waals surface area contributed by atoms with Gasteiger partial charge in [0, 0.05) is 19.2 Å². The van der Waals surface area contributed by atoms with Crippen LogP contribution in [-0.4, -0.2) is 34.4 Å². The van der Waals surface area contributed by atoms with E-state index in [1.54, 1.807) is 0 Å². The van der Waals surface area contributed by atoms with Crippen molar-refractivity contribution in [2.24, 2.45) is 5.73 Å². The van der Waals surface area contributed by atoms with Gasteiger partial charge in [-0.2, -0.15) is 0 Å². The Labute approximate surface area is 122 Å². The van der Waals surface area contributed by atoms with Crippen molar-refractivity contribution in [2.75, 3.05) is 6.54 Å². The highest BCUT2D eigenvalue weighted by molar-refractivity contribution is 5.95. The summed E-state index contributed by atoms with van der Waals surface area (Å²) in [4.78, 5) is 36.8. The molecule has 0 aromatic carbocycles. The number of nitrogens with zero attached hydrogens (tertiary/aromatic N) is 1. The van der Waals surface area contributed by atoms with Crippen molar-refractivity contribution < 1.29 is 19.5 Å². The Hall–Kier alpha value is -2.44. The molecule has 21 heavy (non-hydrogen) atoms. The first kappa shape index (κ1) is 16.6. The lowest BCUT2D eigenvalue weighted by Gasteiger charge is -2.05. The molecule has 7 nitrogen and oxygen atoms in total. The topological polar surface area (TPSA) is 122 Å². The molecule has 0 aliphatic carbocycles. The summed E-state index contributed by atoms with van der Waals surface area (Å²) in [5, 5.41) is 11.2. The van der Waals surface area contributed by atoms with Crippen LogP contribution in [0.2, 0.25) is 0 Å². The van der Waals surface area contributed by atoms with E-state index in [1.807, 2.05) is 0 Å². The lowest BCUT2D eigenvalue weighted by Crippen LogP contribution is -2.25. The van der Waals surface area contributed by atoms with Gasteiger partial charge in [-0.15, -0.1) is 0 Å². The van der Waals surface area contributed by atoms with Crippen LogP contribution in [0, 0.1) is 0 Å². The summed E-state index contributed by atoms with van der Waals surface area (Å²) in [6, 6.07) is 2.90. The number of aliphatic carboxylic acids is 1. The van der Waals surface area contributed by atoms with Crippen molar-refractivity contribution in [2.45, 2.75) is 32.1 Å². The van der Waals surface area contributed by atoms with Crippen LogP contribution in [-0.2, 0) is 4.79 Å². The van der Waals surface area contributed by atoms with Gasteiger partial charge in [0.15, 0.2) is 0 Å². The van der Waals surface area contributed by atoms with E-state index in [-0.39, 0.29) is 23.6 Å². The van der Waals surface area contributed by atoms with Crippen molar-refractivity contribution in [3.05, 3.63) is 29.6 Å². The smallest absolute Gasteiger partial charge is 0.303 e. The van der Waals surface area contributed by atoms with E-state index in [2.05, 4.69) is 10.3 Å². The second-order valence-corrected chi connectivity index (χ2v) is 4.61. The molecule has 0 saturated carbocycles. The minimum atomic E-state index is -0.784. The van der Waals surface area contributed by atoms with Crippen LogP contribution in [0.25, 0.3) is 0 Å². The van der Waals surface area contributed by atoms with Crippen LogP contribution in [0.3, 0.4) is 0 Å². The van der Waals surface area contributed by atoms with Crippen LogP contribution in [0.15, 0.2) is 18.3 Å². The number of hydrogen-bond acceptors (Lipinski definition) is 4. The van der Waals surface area contributed by atoms with Crippen molar-refractivity contribution in [3.63, 3.8) is 0 Å². The van der Waals surface area contributed by atoms with Gasteiger partial charge in [0.05, 0.1) is 5.56 Å². The largest absolute Gasteiger partial charge is 0.481 e. The standard InChI is InChI=1S/C14H19N3O4/c15-13(20)10-6-7-11(17-9-10)14(21)16-8-4-2-1-3-5-12(18)19/h6-7,9H,1-5,8H2,(H2,15,20)(H,16,21)(H,18,19). The van der Waals surface area contributed by atoms with Gasteiger partial charge in [-0.1, -0.05) is 12.8 Å². The highest BCUT2D eigenvalue weighted by atomic mass is 16.4. The van der Waals surface area contributed by atoms with Gasteiger partial charge in [0.1, 0.15) is 5.69 Å². The second kappa shape index (κ2) is 8.68. The number of rotatable bonds is 9. The Bertz CT molecular complexity index is 499. The molecule has 114 valence electrons. The summed E-state index contributed by atoms with van der Waals surface area (Å²) in [5.41, 5.74) is 5.56. The molecule has 7 heteroatoms. The molecule has 0 radical (unpaired) electrons. The van der Waals surface area contributed by atoms with Crippen molar-refractivity contribution in [1.82, 2.24) is 10.3 Å². The summed E-state index contributed by atoms with van der Waals surface area (Å²) in [5.74, 6) is -1.68. The number of unbranched alkanes of at least 4 members (excludes halogenated alkanes) is 3. The molecular formula is C14H19N3O4. The van der Waals surface area contributed by atoms with Gasteiger partial charge in [0.25, 0.3) is 5.91 Å². The van der Waals surface area contributed by atoms with Crippen LogP contribution < -0.4 is 11.1 Å². The maximum absolute atomic E-state index is 11.7. The summed E-state index contributed by atoms with van der Waals surface area (Å²) in [6.07, 6.45) is 4.57. The first-order valence-corrected chi connectivity index (χ1v) is 6.76. The number of nitrogens with one attached hydrogen (secondary N) is 1. The molecule has 1 aromatic rings. The average Bonchev–Trinajstić information content (AvgIpc) is 2.45. The third kappa shape index (κ3) is 6.51. The molecule has 0 saturated heterocycles. The molecule has 0 aliphatic rings. The molecule has 1 rings (SSSR count). The Balaban J connectivity index is 2.21. The van der Waals surface area contributed by atoms with E-state index < -0.39 is 11.9 Å². The fourth-order valence-electron chi connectivity index (χ4n) is 1.72. The van der Waals surface area contributed by atoms with Crippen LogP contribution in [0.1, 0.15) is 53.0 Å². The summed E-state index contributed by atoms with van der Waals surface area (Å²) < 4.78 is 0. The number of carboxylic acid groups (broad SMARTS) is 1. The second-order valence-electron chi connectivity index (χ2n) is 4.61. The van der Waals surface area contributed by atoms with Crippen molar-refractivity contribution in [3.8, 4) is 0 Å². The minimum absolute atomic E-state index is 0.183. The molecule has 0 bridgehead atoms. The third-order valence-corrected chi connectivity index (χ3v) is 2.88. The van der Waals surface area contributed by atoms with E-state index in [0.29, 0.717) is 13.0 Å². The van der Waals surface area contributed by atoms with E-state index in [9.17, 15) is 14.4 Å². The molecule has 0 atom stereocenters. The summed E-state index contributed by atoms with van der Waals surface area (Å²) >= 11 is 0. The average molecular weight is 293 g/mol. The lowest BCUT2D eigenvalue weighted by atomic mass is 10.1. The highest BCUT2D eigenvalue weighted by Crippen LogP contribution is 2.03. The maximum Gasteiger partial charge on any atom is 0.303 e. The zero-order chi connectivity index (χ0) is 15.7. The van der Waals surface area contributed by atoms with Gasteiger partial charge in [0.2, 0.25) is 5.91 Å². The number of primary amides is 1. The maximum atomic E-state index is 11.7. The van der Waals surface area contributed by atoms with Gasteiger partial charge in [-0.05, 0) is 25.0 Å². The number of carboxylic acids is 1. The minimum Gasteiger partial charge on any atom is -0.481 e. The van der Waals surface area contributed by atoms with Crippen LogP contribution in [0.4, 0.5) is 0 Å². The molecular weight excluding hydrogens is 274 g/mol. The van der Waals surface area contributed by atoms with E-state index >= 15 is 0 Å². The zero-order valence-corrected chi connectivity index (χ0v) is 11.7. The molecule has 0 spiro atoms. The van der Waals surface area contributed by atoms with Gasteiger partial charge >= 0.3 is 5.97 Å². The van der Waals surface area contributed by atoms with E-state index in [0.717, 1.165) is 19.3 Å². The van der Waals surface area contributed by atoms with E-state index in [1.165, 1.54) is 18.3 Å². The number of carbonyl (C=O) groups is 3. The zero-order valence-electron chi connectivity index (χ0n) is 11.7. The number of pyridine rings is 1. The Kier molecular flexibility index (Phi) is 6.86. The molecule has 2 amide bonds. The number of hydrogen-bond donors (Lipinski definition) is 3. The number of amides is 2. The van der Waals surface area contributed by atoms with Gasteiger partial charge < -0.3 is 16.2 Å². The molecule has 0 aliphatic heterocycles. The van der Waals surface area contributed by atoms with Gasteiger partial charge in [-0.25, -0.2) is 0 Å². The number of aromatic nitrogens is 1. The predicted molar refractivity (Wildman–Crippen MR) is 75.8 cm³/mol. The monoisotopic (exact) mass is 293 g/mol. The normalized spacial score (nSPS) is 10.1. The molecule has 0 unspecified atom stereocenters. The van der Waals surface area contributed by atoms with Crippen molar-refractivity contribution >= 4 is 17.8 Å².